The van der Waals surface area contributed by atoms with Crippen LogP contribution in [0.15, 0.2) is 35.2 Å². The van der Waals surface area contributed by atoms with Crippen molar-refractivity contribution in [2.75, 3.05) is 18.8 Å². The first-order chi connectivity index (χ1) is 6.83. The summed E-state index contributed by atoms with van der Waals surface area (Å²) in [6, 6.07) is 10.1. The van der Waals surface area contributed by atoms with Crippen molar-refractivity contribution in [3.63, 3.8) is 0 Å². The molecule has 3 N–H and O–H groups in total. The molecule has 0 aromatic heterocycles. The number of thioether (sulfide) groups is 1. The Morgan fingerprint density at radius 2 is 2.07 bits per heavy atom. The molecule has 0 fully saturated rings. The molecule has 0 atom stereocenters. The first-order valence-electron chi connectivity index (χ1n) is 4.47. The number of nitrogens with two attached hydrogens (primary N) is 1. The highest BCUT2D eigenvalue weighted by Crippen LogP contribution is 2.15. The molecular formula is C10H14N2OS. The van der Waals surface area contributed by atoms with Gasteiger partial charge < -0.3 is 11.1 Å². The van der Waals surface area contributed by atoms with Gasteiger partial charge in [0, 0.05) is 17.2 Å². The lowest BCUT2D eigenvalue weighted by Gasteiger charge is -2.02. The van der Waals surface area contributed by atoms with Crippen LogP contribution in [0, 0.1) is 0 Å². The summed E-state index contributed by atoms with van der Waals surface area (Å²) in [5.41, 5.74) is 5.15. The molecule has 0 aliphatic rings. The summed E-state index contributed by atoms with van der Waals surface area (Å²) < 4.78 is 0. The lowest BCUT2D eigenvalue weighted by atomic mass is 10.4. The maximum absolute atomic E-state index is 10.8. The summed E-state index contributed by atoms with van der Waals surface area (Å²) in [5.74, 6) is 0.772. The van der Waals surface area contributed by atoms with Crippen LogP contribution in [0.3, 0.4) is 0 Å². The van der Waals surface area contributed by atoms with E-state index in [1.807, 2.05) is 18.2 Å². The fourth-order valence-electron chi connectivity index (χ4n) is 0.948. The van der Waals surface area contributed by atoms with Crippen LogP contribution in [-0.2, 0) is 4.79 Å². The van der Waals surface area contributed by atoms with Gasteiger partial charge in [0.05, 0.1) is 6.54 Å². The molecule has 4 heteroatoms. The van der Waals surface area contributed by atoms with E-state index >= 15 is 0 Å². The standard InChI is InChI=1S/C10H14N2OS/c11-8-10(13)12-6-7-14-9-4-2-1-3-5-9/h1-5H,6-8,11H2,(H,12,13). The van der Waals surface area contributed by atoms with E-state index in [0.717, 1.165) is 5.75 Å². The molecule has 1 rings (SSSR count). The van der Waals surface area contributed by atoms with Crippen LogP contribution < -0.4 is 11.1 Å². The van der Waals surface area contributed by atoms with Gasteiger partial charge in [0.1, 0.15) is 0 Å². The van der Waals surface area contributed by atoms with Gasteiger partial charge in [-0.3, -0.25) is 4.79 Å². The third-order valence-electron chi connectivity index (χ3n) is 1.62. The molecule has 0 saturated heterocycles. The van der Waals surface area contributed by atoms with Gasteiger partial charge in [-0.2, -0.15) is 0 Å². The molecule has 1 aromatic carbocycles. The van der Waals surface area contributed by atoms with Gasteiger partial charge in [-0.05, 0) is 12.1 Å². The Labute approximate surface area is 88.1 Å². The maximum Gasteiger partial charge on any atom is 0.233 e. The Balaban J connectivity index is 2.13. The second kappa shape index (κ2) is 6.45. The van der Waals surface area contributed by atoms with E-state index < -0.39 is 0 Å². The SMILES string of the molecule is NCC(=O)NCCSc1ccccc1. The zero-order chi connectivity index (χ0) is 10.2. The summed E-state index contributed by atoms with van der Waals surface area (Å²) in [6.45, 7) is 0.728. The number of amides is 1. The second-order valence-corrected chi connectivity index (χ2v) is 3.88. The molecule has 0 heterocycles. The molecule has 0 saturated carbocycles. The quantitative estimate of drug-likeness (QED) is 0.559. The van der Waals surface area contributed by atoms with Gasteiger partial charge in [-0.1, -0.05) is 18.2 Å². The highest BCUT2D eigenvalue weighted by molar-refractivity contribution is 7.99. The predicted octanol–water partition coefficient (Wildman–Crippen LogP) is 0.854. The predicted molar refractivity (Wildman–Crippen MR) is 59.2 cm³/mol. The first kappa shape index (κ1) is 11.1. The van der Waals surface area contributed by atoms with Crippen LogP contribution in [0.5, 0.6) is 0 Å². The Bertz CT molecular complexity index is 277. The van der Waals surface area contributed by atoms with E-state index in [1.54, 1.807) is 11.8 Å². The smallest absolute Gasteiger partial charge is 0.233 e. The van der Waals surface area contributed by atoms with Crippen molar-refractivity contribution in [2.45, 2.75) is 4.90 Å². The van der Waals surface area contributed by atoms with Crippen LogP contribution in [-0.4, -0.2) is 24.7 Å². The maximum atomic E-state index is 10.8. The summed E-state index contributed by atoms with van der Waals surface area (Å²) in [6.07, 6.45) is 0. The van der Waals surface area contributed by atoms with Crippen LogP contribution in [0.4, 0.5) is 0 Å². The monoisotopic (exact) mass is 210 g/mol. The summed E-state index contributed by atoms with van der Waals surface area (Å²) in [4.78, 5) is 12.0. The number of rotatable bonds is 5. The third-order valence-corrected chi connectivity index (χ3v) is 2.64. The van der Waals surface area contributed by atoms with Crippen molar-refractivity contribution in [1.29, 1.82) is 0 Å². The molecule has 0 aliphatic carbocycles. The highest BCUT2D eigenvalue weighted by atomic mass is 32.2. The number of hydrogen-bond acceptors (Lipinski definition) is 3. The minimum atomic E-state index is -0.0985. The van der Waals surface area contributed by atoms with E-state index in [1.165, 1.54) is 4.90 Å². The van der Waals surface area contributed by atoms with E-state index in [4.69, 9.17) is 5.73 Å². The van der Waals surface area contributed by atoms with Crippen LogP contribution in [0.25, 0.3) is 0 Å². The van der Waals surface area contributed by atoms with Crippen molar-refractivity contribution < 1.29 is 4.79 Å². The fraction of sp³-hybridized carbons (Fsp3) is 0.300. The average molecular weight is 210 g/mol. The van der Waals surface area contributed by atoms with E-state index in [0.29, 0.717) is 6.54 Å². The van der Waals surface area contributed by atoms with E-state index in [-0.39, 0.29) is 12.5 Å². The van der Waals surface area contributed by atoms with Crippen molar-refractivity contribution in [2.24, 2.45) is 5.73 Å². The van der Waals surface area contributed by atoms with Crippen molar-refractivity contribution in [3.8, 4) is 0 Å². The van der Waals surface area contributed by atoms with Gasteiger partial charge in [0.25, 0.3) is 0 Å². The van der Waals surface area contributed by atoms with Crippen LogP contribution in [0.1, 0.15) is 0 Å². The van der Waals surface area contributed by atoms with Crippen molar-refractivity contribution >= 4 is 17.7 Å². The normalized spacial score (nSPS) is 9.79. The lowest BCUT2D eigenvalue weighted by molar-refractivity contribution is -0.119. The fourth-order valence-corrected chi connectivity index (χ4v) is 1.74. The number of carbonyl (C=O) groups excluding carboxylic acids is 1. The number of nitrogens with one attached hydrogen (secondary N) is 1. The van der Waals surface area contributed by atoms with Gasteiger partial charge >= 0.3 is 0 Å². The minimum absolute atomic E-state index is 0.0655. The van der Waals surface area contributed by atoms with Crippen molar-refractivity contribution in [1.82, 2.24) is 5.32 Å². The topological polar surface area (TPSA) is 55.1 Å². The molecular weight excluding hydrogens is 196 g/mol. The summed E-state index contributed by atoms with van der Waals surface area (Å²) >= 11 is 1.72. The zero-order valence-electron chi connectivity index (χ0n) is 7.90. The molecule has 1 aromatic rings. The highest BCUT2D eigenvalue weighted by Gasteiger charge is 1.96. The largest absolute Gasteiger partial charge is 0.354 e. The van der Waals surface area contributed by atoms with Crippen molar-refractivity contribution in [3.05, 3.63) is 30.3 Å². The Morgan fingerprint density at radius 3 is 2.71 bits per heavy atom. The van der Waals surface area contributed by atoms with Gasteiger partial charge in [-0.15, -0.1) is 11.8 Å². The molecule has 0 bridgehead atoms. The van der Waals surface area contributed by atoms with Crippen LogP contribution in [0.2, 0.25) is 0 Å². The molecule has 0 aliphatic heterocycles. The molecule has 0 radical (unpaired) electrons. The molecule has 1 amide bonds. The van der Waals surface area contributed by atoms with Gasteiger partial charge in [0.2, 0.25) is 5.91 Å². The summed E-state index contributed by atoms with van der Waals surface area (Å²) in [5, 5.41) is 2.72. The van der Waals surface area contributed by atoms with Crippen LogP contribution >= 0.6 is 11.8 Å². The molecule has 3 nitrogen and oxygen atoms in total. The number of carbonyl (C=O) groups is 1. The first-order valence-corrected chi connectivity index (χ1v) is 5.46. The Hall–Kier alpha value is -1.00. The van der Waals surface area contributed by atoms with E-state index in [2.05, 4.69) is 17.4 Å². The average Bonchev–Trinajstić information content (AvgIpc) is 2.25. The van der Waals surface area contributed by atoms with Gasteiger partial charge in [0.15, 0.2) is 0 Å². The second-order valence-electron chi connectivity index (χ2n) is 2.72. The molecule has 14 heavy (non-hydrogen) atoms. The Morgan fingerprint density at radius 1 is 1.36 bits per heavy atom. The molecule has 0 spiro atoms. The number of hydrogen-bond donors (Lipinski definition) is 2. The zero-order valence-corrected chi connectivity index (χ0v) is 8.72. The molecule has 76 valence electrons. The minimum Gasteiger partial charge on any atom is -0.354 e. The lowest BCUT2D eigenvalue weighted by Crippen LogP contribution is -2.31. The molecule has 0 unspecified atom stereocenters. The Kier molecular flexibility index (Phi) is 5.11. The van der Waals surface area contributed by atoms with Gasteiger partial charge in [-0.25, -0.2) is 0 Å². The third kappa shape index (κ3) is 4.30. The summed E-state index contributed by atoms with van der Waals surface area (Å²) in [7, 11) is 0. The van der Waals surface area contributed by atoms with E-state index in [9.17, 15) is 4.79 Å². The number of benzene rings is 1.